The molecule has 2 nitrogen and oxygen atoms in total. The maximum atomic E-state index is 12.7. The molecule has 0 heterocycles. The molecule has 1 rings (SSSR count). The van der Waals surface area contributed by atoms with Gasteiger partial charge in [-0.25, -0.2) is 4.39 Å². The van der Waals surface area contributed by atoms with Gasteiger partial charge in [-0.15, -0.1) is 0 Å². The van der Waals surface area contributed by atoms with Crippen LogP contribution in [0.15, 0.2) is 18.2 Å². The van der Waals surface area contributed by atoms with Crippen molar-refractivity contribution in [2.24, 2.45) is 0 Å². The fraction of sp³-hybridized carbons (Fsp3) is 0.364. The predicted molar refractivity (Wildman–Crippen MR) is 51.8 cm³/mol. The molecule has 1 unspecified atom stereocenters. The fourth-order valence-corrected chi connectivity index (χ4v) is 1.27. The number of aryl methyl sites for hydroxylation is 1. The lowest BCUT2D eigenvalue weighted by atomic mass is 10.00. The van der Waals surface area contributed by atoms with Crippen molar-refractivity contribution in [3.05, 3.63) is 35.1 Å². The molecule has 0 aliphatic rings. The van der Waals surface area contributed by atoms with Crippen LogP contribution in [0.2, 0.25) is 0 Å². The minimum Gasteiger partial charge on any atom is -0.385 e. The summed E-state index contributed by atoms with van der Waals surface area (Å²) in [6.45, 7) is 3.38. The van der Waals surface area contributed by atoms with Crippen molar-refractivity contribution >= 4 is 5.78 Å². The molecule has 1 aromatic carbocycles. The number of hydrogen-bond donors (Lipinski definition) is 1. The monoisotopic (exact) mass is 196 g/mol. The lowest BCUT2D eigenvalue weighted by molar-refractivity contribution is 0.0740. The lowest BCUT2D eigenvalue weighted by Crippen LogP contribution is -2.20. The standard InChI is InChI=1S/C11H13FO2/c1-3-10(13)11(14)9-5-4-8(12)6-7(9)2/h4-6,10,13H,3H2,1-2H3. The Bertz CT molecular complexity index is 347. The minimum absolute atomic E-state index is 0.343. The highest BCUT2D eigenvalue weighted by atomic mass is 19.1. The highest BCUT2D eigenvalue weighted by molar-refractivity contribution is 6.00. The number of rotatable bonds is 3. The van der Waals surface area contributed by atoms with Crippen molar-refractivity contribution < 1.29 is 14.3 Å². The van der Waals surface area contributed by atoms with E-state index in [9.17, 15) is 14.3 Å². The van der Waals surface area contributed by atoms with Gasteiger partial charge in [-0.1, -0.05) is 6.92 Å². The third-order valence-electron chi connectivity index (χ3n) is 2.14. The van der Waals surface area contributed by atoms with Crippen molar-refractivity contribution in [1.82, 2.24) is 0 Å². The van der Waals surface area contributed by atoms with Gasteiger partial charge in [0.05, 0.1) is 0 Å². The fourth-order valence-electron chi connectivity index (χ4n) is 1.27. The largest absolute Gasteiger partial charge is 0.385 e. The van der Waals surface area contributed by atoms with Gasteiger partial charge in [0.2, 0.25) is 0 Å². The molecule has 1 atom stereocenters. The topological polar surface area (TPSA) is 37.3 Å². The van der Waals surface area contributed by atoms with Crippen LogP contribution in [0, 0.1) is 12.7 Å². The second-order valence-electron chi connectivity index (χ2n) is 3.25. The maximum Gasteiger partial charge on any atom is 0.191 e. The number of hydrogen-bond acceptors (Lipinski definition) is 2. The molecule has 0 aliphatic carbocycles. The molecule has 0 radical (unpaired) electrons. The normalized spacial score (nSPS) is 12.6. The highest BCUT2D eigenvalue weighted by Crippen LogP contribution is 2.13. The Hall–Kier alpha value is -1.22. The van der Waals surface area contributed by atoms with E-state index in [4.69, 9.17) is 0 Å². The molecule has 0 bridgehead atoms. The molecule has 0 spiro atoms. The van der Waals surface area contributed by atoms with E-state index in [1.165, 1.54) is 18.2 Å². The predicted octanol–water partition coefficient (Wildman–Crippen LogP) is 2.09. The molecule has 0 aromatic heterocycles. The van der Waals surface area contributed by atoms with Crippen molar-refractivity contribution in [1.29, 1.82) is 0 Å². The number of aliphatic hydroxyl groups is 1. The van der Waals surface area contributed by atoms with Crippen LogP contribution in [0.1, 0.15) is 29.3 Å². The molecule has 0 saturated heterocycles. The smallest absolute Gasteiger partial charge is 0.191 e. The molecular formula is C11H13FO2. The first-order valence-electron chi connectivity index (χ1n) is 4.54. The number of halogens is 1. The van der Waals surface area contributed by atoms with Gasteiger partial charge >= 0.3 is 0 Å². The van der Waals surface area contributed by atoms with Crippen LogP contribution in [-0.2, 0) is 0 Å². The number of aliphatic hydroxyl groups excluding tert-OH is 1. The van der Waals surface area contributed by atoms with Crippen LogP contribution in [0.4, 0.5) is 4.39 Å². The van der Waals surface area contributed by atoms with E-state index in [-0.39, 0.29) is 11.6 Å². The third-order valence-corrected chi connectivity index (χ3v) is 2.14. The number of ketones is 1. The van der Waals surface area contributed by atoms with Gasteiger partial charge in [-0.3, -0.25) is 4.79 Å². The molecule has 1 N–H and O–H groups in total. The summed E-state index contributed by atoms with van der Waals surface area (Å²) >= 11 is 0. The molecule has 0 aliphatic heterocycles. The van der Waals surface area contributed by atoms with Crippen molar-refractivity contribution in [3.63, 3.8) is 0 Å². The first-order chi connectivity index (χ1) is 6.56. The Morgan fingerprint density at radius 1 is 1.57 bits per heavy atom. The summed E-state index contributed by atoms with van der Waals surface area (Å²) < 4.78 is 12.7. The van der Waals surface area contributed by atoms with Crippen molar-refractivity contribution in [2.75, 3.05) is 0 Å². The Morgan fingerprint density at radius 3 is 2.71 bits per heavy atom. The molecule has 0 fully saturated rings. The van der Waals surface area contributed by atoms with Gasteiger partial charge in [0.15, 0.2) is 5.78 Å². The van der Waals surface area contributed by atoms with E-state index in [1.54, 1.807) is 13.8 Å². The van der Waals surface area contributed by atoms with Crippen LogP contribution in [-0.4, -0.2) is 17.0 Å². The zero-order valence-electron chi connectivity index (χ0n) is 8.25. The third kappa shape index (κ3) is 2.17. The Morgan fingerprint density at radius 2 is 2.21 bits per heavy atom. The first kappa shape index (κ1) is 10.9. The number of carbonyl (C=O) groups is 1. The van der Waals surface area contributed by atoms with Crippen LogP contribution in [0.5, 0.6) is 0 Å². The van der Waals surface area contributed by atoms with Crippen molar-refractivity contribution in [2.45, 2.75) is 26.4 Å². The van der Waals surface area contributed by atoms with E-state index in [2.05, 4.69) is 0 Å². The molecule has 0 saturated carbocycles. The second-order valence-corrected chi connectivity index (χ2v) is 3.25. The SMILES string of the molecule is CCC(O)C(=O)c1ccc(F)cc1C. The zero-order valence-corrected chi connectivity index (χ0v) is 8.25. The van der Waals surface area contributed by atoms with Crippen molar-refractivity contribution in [3.8, 4) is 0 Å². The van der Waals surface area contributed by atoms with Crippen LogP contribution < -0.4 is 0 Å². The highest BCUT2D eigenvalue weighted by Gasteiger charge is 2.16. The molecule has 14 heavy (non-hydrogen) atoms. The summed E-state index contributed by atoms with van der Waals surface area (Å²) in [7, 11) is 0. The molecular weight excluding hydrogens is 183 g/mol. The summed E-state index contributed by atoms with van der Waals surface area (Å²) in [4.78, 5) is 11.5. The van der Waals surface area contributed by atoms with E-state index in [0.717, 1.165) is 0 Å². The number of benzene rings is 1. The Balaban J connectivity index is 3.02. The van der Waals surface area contributed by atoms with Gasteiger partial charge in [0.25, 0.3) is 0 Å². The molecule has 1 aromatic rings. The summed E-state index contributed by atoms with van der Waals surface area (Å²) in [5, 5.41) is 9.33. The summed E-state index contributed by atoms with van der Waals surface area (Å²) in [6, 6.07) is 3.92. The average Bonchev–Trinajstić information content (AvgIpc) is 2.15. The van der Waals surface area contributed by atoms with Crippen LogP contribution in [0.3, 0.4) is 0 Å². The molecule has 3 heteroatoms. The van der Waals surface area contributed by atoms with Gasteiger partial charge in [-0.2, -0.15) is 0 Å². The summed E-state index contributed by atoms with van der Waals surface area (Å²) in [5.74, 6) is -0.713. The maximum absolute atomic E-state index is 12.7. The van der Waals surface area contributed by atoms with E-state index < -0.39 is 6.10 Å². The van der Waals surface area contributed by atoms with E-state index in [0.29, 0.717) is 17.5 Å². The lowest BCUT2D eigenvalue weighted by Gasteiger charge is -2.08. The van der Waals surface area contributed by atoms with Crippen LogP contribution in [0.25, 0.3) is 0 Å². The first-order valence-corrected chi connectivity index (χ1v) is 4.54. The van der Waals surface area contributed by atoms with Gasteiger partial charge in [0, 0.05) is 5.56 Å². The Kier molecular flexibility index (Phi) is 3.36. The van der Waals surface area contributed by atoms with Gasteiger partial charge in [-0.05, 0) is 37.1 Å². The molecule has 76 valence electrons. The van der Waals surface area contributed by atoms with E-state index in [1.807, 2.05) is 0 Å². The summed E-state index contributed by atoms with van der Waals surface area (Å²) in [5.41, 5.74) is 0.947. The van der Waals surface area contributed by atoms with Gasteiger partial charge < -0.3 is 5.11 Å². The number of Topliss-reactive ketones (excluding diaryl/α,β-unsaturated/α-hetero) is 1. The minimum atomic E-state index is -0.987. The Labute approximate surface area is 82.4 Å². The van der Waals surface area contributed by atoms with Gasteiger partial charge in [0.1, 0.15) is 11.9 Å². The zero-order chi connectivity index (χ0) is 10.7. The average molecular weight is 196 g/mol. The second kappa shape index (κ2) is 4.33. The quantitative estimate of drug-likeness (QED) is 0.751. The summed E-state index contributed by atoms with van der Waals surface area (Å²) in [6.07, 6.45) is -0.616. The molecule has 0 amide bonds. The van der Waals surface area contributed by atoms with Crippen LogP contribution >= 0.6 is 0 Å². The van der Waals surface area contributed by atoms with E-state index >= 15 is 0 Å². The number of carbonyl (C=O) groups excluding carboxylic acids is 1.